The summed E-state index contributed by atoms with van der Waals surface area (Å²) in [6.07, 6.45) is 0. The molecule has 0 atom stereocenters. The van der Waals surface area contributed by atoms with Crippen LogP contribution in [0.3, 0.4) is 0 Å². The predicted octanol–water partition coefficient (Wildman–Crippen LogP) is 14.2. The molecule has 58 heavy (non-hydrogen) atoms. The first-order chi connectivity index (χ1) is 28.7. The molecule has 0 bridgehead atoms. The number of rotatable bonds is 5. The van der Waals surface area contributed by atoms with Gasteiger partial charge >= 0.3 is 0 Å². The lowest BCUT2D eigenvalue weighted by atomic mass is 9.95. The maximum Gasteiger partial charge on any atom is 0.227 e. The van der Waals surface area contributed by atoms with Crippen LogP contribution in [0.25, 0.3) is 120 Å². The van der Waals surface area contributed by atoms with Crippen molar-refractivity contribution in [3.8, 4) is 56.7 Å². The second-order valence-corrected chi connectivity index (χ2v) is 15.6. The molecule has 0 amide bonds. The van der Waals surface area contributed by atoms with E-state index >= 15 is 0 Å². The molecule has 3 aromatic heterocycles. The van der Waals surface area contributed by atoms with Gasteiger partial charge in [0.25, 0.3) is 0 Å². The van der Waals surface area contributed by atoms with Gasteiger partial charge in [0.2, 0.25) is 5.89 Å². The van der Waals surface area contributed by atoms with Crippen LogP contribution in [0.5, 0.6) is 0 Å². The Morgan fingerprint density at radius 1 is 0.379 bits per heavy atom. The molecule has 12 aromatic rings. The van der Waals surface area contributed by atoms with Gasteiger partial charge in [0, 0.05) is 53.2 Å². The van der Waals surface area contributed by atoms with E-state index in [4.69, 9.17) is 24.4 Å². The van der Waals surface area contributed by atoms with Crippen LogP contribution in [0.15, 0.2) is 186 Å². The number of fused-ring (bicyclic) bond motifs is 10. The molecule has 0 radical (unpaired) electrons. The maximum atomic E-state index is 6.56. The van der Waals surface area contributed by atoms with Crippen LogP contribution >= 0.6 is 11.3 Å². The Balaban J connectivity index is 1.02. The van der Waals surface area contributed by atoms with E-state index in [2.05, 4.69) is 115 Å². The molecule has 0 fully saturated rings. The van der Waals surface area contributed by atoms with E-state index in [1.54, 1.807) is 0 Å². The molecule has 12 rings (SSSR count). The lowest BCUT2D eigenvalue weighted by Crippen LogP contribution is -2.00. The van der Waals surface area contributed by atoms with Crippen LogP contribution in [0.2, 0.25) is 0 Å². The van der Waals surface area contributed by atoms with Crippen LogP contribution < -0.4 is 0 Å². The zero-order valence-electron chi connectivity index (χ0n) is 30.9. The van der Waals surface area contributed by atoms with Crippen molar-refractivity contribution >= 4 is 74.9 Å². The third-order valence-electron chi connectivity index (χ3n) is 11.1. The zero-order valence-corrected chi connectivity index (χ0v) is 31.7. The number of nitrogens with zero attached hydrogens (tertiary/aromatic N) is 4. The molecule has 0 aliphatic rings. The Labute approximate surface area is 336 Å². The zero-order chi connectivity index (χ0) is 38.2. The van der Waals surface area contributed by atoms with Crippen molar-refractivity contribution in [2.45, 2.75) is 0 Å². The molecule has 270 valence electrons. The van der Waals surface area contributed by atoms with E-state index in [9.17, 15) is 0 Å². The molecule has 0 unspecified atom stereocenters. The van der Waals surface area contributed by atoms with Crippen LogP contribution in [0.1, 0.15) is 0 Å². The van der Waals surface area contributed by atoms with E-state index in [0.717, 1.165) is 71.2 Å². The predicted molar refractivity (Wildman–Crippen MR) is 240 cm³/mol. The third kappa shape index (κ3) is 5.30. The maximum absolute atomic E-state index is 6.56. The summed E-state index contributed by atoms with van der Waals surface area (Å²) in [6.45, 7) is 0. The van der Waals surface area contributed by atoms with Gasteiger partial charge in [-0.3, -0.25) is 0 Å². The number of oxazole rings is 1. The highest BCUT2D eigenvalue weighted by Crippen LogP contribution is 2.42. The fraction of sp³-hybridized carbons (Fsp3) is 0. The van der Waals surface area contributed by atoms with Crippen molar-refractivity contribution in [1.29, 1.82) is 0 Å². The van der Waals surface area contributed by atoms with Crippen LogP contribution in [-0.4, -0.2) is 19.9 Å². The van der Waals surface area contributed by atoms with E-state index < -0.39 is 0 Å². The molecule has 0 aliphatic carbocycles. The summed E-state index contributed by atoms with van der Waals surface area (Å²) in [6, 6.07) is 63.4. The highest BCUT2D eigenvalue weighted by molar-refractivity contribution is 7.26. The van der Waals surface area contributed by atoms with Crippen molar-refractivity contribution in [3.05, 3.63) is 182 Å². The van der Waals surface area contributed by atoms with Gasteiger partial charge in [0.1, 0.15) is 5.52 Å². The average Bonchev–Trinajstić information content (AvgIpc) is 3.91. The van der Waals surface area contributed by atoms with Gasteiger partial charge < -0.3 is 4.42 Å². The quantitative estimate of drug-likeness (QED) is 0.164. The fourth-order valence-electron chi connectivity index (χ4n) is 8.34. The van der Waals surface area contributed by atoms with Gasteiger partial charge in [-0.25, -0.2) is 19.9 Å². The number of hydrogen-bond acceptors (Lipinski definition) is 6. The monoisotopic (exact) mass is 758 g/mol. The lowest BCUT2D eigenvalue weighted by molar-refractivity contribution is 0.623. The minimum absolute atomic E-state index is 0.616. The minimum atomic E-state index is 0.616. The molecular weight excluding hydrogens is 729 g/mol. The molecule has 0 saturated heterocycles. The molecule has 5 nitrogen and oxygen atoms in total. The molecule has 3 heterocycles. The van der Waals surface area contributed by atoms with E-state index in [-0.39, 0.29) is 0 Å². The Bertz CT molecular complexity index is 3570. The summed E-state index contributed by atoms with van der Waals surface area (Å²) >= 11 is 1.84. The average molecular weight is 759 g/mol. The second kappa shape index (κ2) is 13.0. The van der Waals surface area contributed by atoms with Gasteiger partial charge in [-0.05, 0) is 69.1 Å². The van der Waals surface area contributed by atoms with Gasteiger partial charge in [-0.2, -0.15) is 0 Å². The Kier molecular flexibility index (Phi) is 7.33. The van der Waals surface area contributed by atoms with Gasteiger partial charge in [0.15, 0.2) is 23.1 Å². The van der Waals surface area contributed by atoms with Crippen LogP contribution in [0.4, 0.5) is 0 Å². The Hall–Kier alpha value is -7.54. The van der Waals surface area contributed by atoms with Crippen molar-refractivity contribution in [3.63, 3.8) is 0 Å². The normalized spacial score (nSPS) is 11.8. The molecule has 0 aliphatic heterocycles. The molecule has 6 heteroatoms. The Morgan fingerprint density at radius 2 is 0.983 bits per heavy atom. The SMILES string of the molecule is c1ccc(-c2nc(-c3cccc(-c4cccc5c4sc4ccccc45)c3)nc(-c3ccc4c(ccc5ccc6ccc7nc(-c8ccccc8)oc7c6c54)c3)n2)cc1. The summed E-state index contributed by atoms with van der Waals surface area (Å²) in [5, 5.41) is 9.20. The van der Waals surface area contributed by atoms with E-state index in [0.29, 0.717) is 23.4 Å². The lowest BCUT2D eigenvalue weighted by Gasteiger charge is -2.12. The fourth-order valence-corrected chi connectivity index (χ4v) is 9.58. The number of benzene rings is 9. The first kappa shape index (κ1) is 32.7. The first-order valence-corrected chi connectivity index (χ1v) is 20.1. The second-order valence-electron chi connectivity index (χ2n) is 14.6. The number of aromatic nitrogens is 4. The van der Waals surface area contributed by atoms with E-state index in [1.165, 1.54) is 25.7 Å². The molecule has 9 aromatic carbocycles. The van der Waals surface area contributed by atoms with Crippen molar-refractivity contribution < 1.29 is 4.42 Å². The number of thiophene rings is 1. The van der Waals surface area contributed by atoms with Crippen molar-refractivity contribution in [1.82, 2.24) is 19.9 Å². The topological polar surface area (TPSA) is 64.7 Å². The number of hydrogen-bond donors (Lipinski definition) is 0. The molecule has 0 spiro atoms. The van der Waals surface area contributed by atoms with Gasteiger partial charge in [-0.15, -0.1) is 11.3 Å². The smallest absolute Gasteiger partial charge is 0.227 e. The summed E-state index contributed by atoms with van der Waals surface area (Å²) in [4.78, 5) is 20.3. The summed E-state index contributed by atoms with van der Waals surface area (Å²) < 4.78 is 9.13. The minimum Gasteiger partial charge on any atom is -0.435 e. The highest BCUT2D eigenvalue weighted by Gasteiger charge is 2.18. The van der Waals surface area contributed by atoms with E-state index in [1.807, 2.05) is 78.1 Å². The van der Waals surface area contributed by atoms with Gasteiger partial charge in [-0.1, -0.05) is 146 Å². The van der Waals surface area contributed by atoms with Crippen molar-refractivity contribution in [2.75, 3.05) is 0 Å². The summed E-state index contributed by atoms with van der Waals surface area (Å²) in [7, 11) is 0. The molecular formula is C52H30N4OS. The largest absolute Gasteiger partial charge is 0.435 e. The molecule has 0 saturated carbocycles. The van der Waals surface area contributed by atoms with Crippen LogP contribution in [0, 0.1) is 0 Å². The van der Waals surface area contributed by atoms with Crippen molar-refractivity contribution in [2.24, 2.45) is 0 Å². The Morgan fingerprint density at radius 3 is 1.79 bits per heavy atom. The first-order valence-electron chi connectivity index (χ1n) is 19.3. The summed E-state index contributed by atoms with van der Waals surface area (Å²) in [5.74, 6) is 2.49. The highest BCUT2D eigenvalue weighted by atomic mass is 32.1. The van der Waals surface area contributed by atoms with Gasteiger partial charge in [0.05, 0.1) is 0 Å². The molecule has 0 N–H and O–H groups in total. The summed E-state index contributed by atoms with van der Waals surface area (Å²) in [5.41, 5.74) is 7.68. The standard InChI is InChI=1S/C52H30N4OS/c1-3-11-33(12-4-1)49-54-50(37-16-9-15-35(29-37)40-18-10-19-42-41-17-7-8-20-44(41)58-48(40)42)56-51(55-49)38-25-27-39-36(30-38)24-23-31-21-22-32-26-28-43-47(46(32)45(31)39)57-52(53-43)34-13-5-2-6-14-34/h1-30H. The van der Waals surface area contributed by atoms with Crippen LogP contribution in [-0.2, 0) is 0 Å². The third-order valence-corrected chi connectivity index (χ3v) is 12.3.